The van der Waals surface area contributed by atoms with E-state index in [0.29, 0.717) is 17.6 Å². The molecule has 0 aliphatic heterocycles. The Morgan fingerprint density at radius 1 is 0.909 bits per heavy atom. The van der Waals surface area contributed by atoms with Crippen LogP contribution in [0.5, 0.6) is 0 Å². The summed E-state index contributed by atoms with van der Waals surface area (Å²) in [7, 11) is -1.54. The number of hydrogen-bond acceptors (Lipinski definition) is 3. The molecule has 2 atom stereocenters. The number of carboxylic acids is 1. The minimum atomic E-state index is -6.00. The first kappa shape index (κ1) is 35.0. The minimum absolute atomic E-state index is 0.0525. The molecule has 0 bridgehead atoms. The Labute approximate surface area is 203 Å². The molecule has 0 fully saturated rings. The van der Waals surface area contributed by atoms with Crippen LogP contribution in [0.2, 0.25) is 0 Å². The predicted molar refractivity (Wildman–Crippen MR) is 130 cm³/mol. The van der Waals surface area contributed by atoms with Crippen molar-refractivity contribution in [2.45, 2.75) is 96.5 Å². The fourth-order valence-corrected chi connectivity index (χ4v) is 4.42. The minimum Gasteiger partial charge on any atom is -0.481 e. The van der Waals surface area contributed by atoms with Gasteiger partial charge in [0.15, 0.2) is 0 Å². The fraction of sp³-hybridized carbons (Fsp3) is 0.952. The topological polar surface area (TPSA) is 55.8 Å². The maximum absolute atomic E-state index is 11.0. The monoisotopic (exact) mass is 527 g/mol. The maximum Gasteiger partial charge on any atom is 0.673 e. The van der Waals surface area contributed by atoms with Crippen LogP contribution >= 0.6 is 19.0 Å². The van der Waals surface area contributed by atoms with Crippen molar-refractivity contribution < 1.29 is 40.7 Å². The summed E-state index contributed by atoms with van der Waals surface area (Å²) in [6.45, 7) is 3.42. The zero-order valence-corrected chi connectivity index (χ0v) is 22.4. The number of aliphatic carboxylic acids is 1. The molecule has 0 saturated heterocycles. The first-order valence-electron chi connectivity index (χ1n) is 11.9. The van der Waals surface area contributed by atoms with Crippen molar-refractivity contribution in [3.05, 3.63) is 0 Å². The van der Waals surface area contributed by atoms with Gasteiger partial charge in [0.05, 0.1) is 34.2 Å². The summed E-state index contributed by atoms with van der Waals surface area (Å²) < 4.78 is 50.8. The molecule has 0 spiro atoms. The van der Waals surface area contributed by atoms with Crippen LogP contribution in [0.3, 0.4) is 0 Å². The van der Waals surface area contributed by atoms with Gasteiger partial charge >= 0.3 is 13.2 Å². The Hall–Kier alpha value is -0.145. The molecule has 0 aromatic heterocycles. The van der Waals surface area contributed by atoms with Crippen LogP contribution in [0.1, 0.15) is 90.4 Å². The third-order valence-corrected chi connectivity index (χ3v) is 5.96. The number of likely N-dealkylation sites (N-methyl/N-ethyl adjacent to an activating group) is 1. The Morgan fingerprint density at radius 3 is 1.67 bits per heavy atom. The second-order valence-corrected chi connectivity index (χ2v) is 11.0. The third-order valence-electron chi connectivity index (χ3n) is 4.58. The highest BCUT2D eigenvalue weighted by Crippen LogP contribution is 2.45. The fourth-order valence-electron chi connectivity index (χ4n) is 3.17. The average Bonchev–Trinajstić information content (AvgIpc) is 2.62. The number of quaternary nitrogens is 1. The lowest BCUT2D eigenvalue weighted by atomic mass is 10.1. The average molecular weight is 528 g/mol. The molecule has 12 heteroatoms. The van der Waals surface area contributed by atoms with Gasteiger partial charge in [-0.2, -0.15) is 0 Å². The highest BCUT2D eigenvalue weighted by molar-refractivity contribution is 7.76. The molecule has 0 aromatic rings. The molecule has 0 amide bonds. The van der Waals surface area contributed by atoms with E-state index >= 15 is 0 Å². The van der Waals surface area contributed by atoms with Crippen LogP contribution in [0.4, 0.5) is 17.3 Å². The molecule has 0 heterocycles. The van der Waals surface area contributed by atoms with E-state index in [1.54, 1.807) is 0 Å². The van der Waals surface area contributed by atoms with Gasteiger partial charge in [-0.1, -0.05) is 77.6 Å². The van der Waals surface area contributed by atoms with Crippen LogP contribution in [-0.2, 0) is 13.8 Å². The Morgan fingerprint density at radius 2 is 1.30 bits per heavy atom. The Kier molecular flexibility index (Phi) is 22.5. The predicted octanol–water partition coefficient (Wildman–Crippen LogP) is 8.04. The van der Waals surface area contributed by atoms with Gasteiger partial charge in [-0.05, 0) is 17.7 Å². The van der Waals surface area contributed by atoms with E-state index in [4.69, 9.17) is 25.4 Å². The summed E-state index contributed by atoms with van der Waals surface area (Å²) in [5, 5.41) is 9.03. The van der Waals surface area contributed by atoms with Gasteiger partial charge < -0.3 is 35.9 Å². The van der Waals surface area contributed by atoms with Crippen molar-refractivity contribution >= 4 is 32.2 Å². The lowest BCUT2D eigenvalue weighted by Crippen LogP contribution is -2.42. The number of nitrogens with zero attached hydrogens (tertiary/aromatic N) is 1. The van der Waals surface area contributed by atoms with Gasteiger partial charge in [-0.25, -0.2) is 0 Å². The van der Waals surface area contributed by atoms with Crippen molar-refractivity contribution in [1.82, 2.24) is 0 Å². The van der Waals surface area contributed by atoms with E-state index in [1.165, 1.54) is 64.2 Å². The second-order valence-electron chi connectivity index (χ2n) is 9.23. The summed E-state index contributed by atoms with van der Waals surface area (Å²) in [4.78, 5) is 11.0. The normalized spacial score (nSPS) is 13.8. The number of carbonyl (C=O) groups is 1. The third kappa shape index (κ3) is 36.6. The zero-order chi connectivity index (χ0) is 25.8. The highest BCUT2D eigenvalue weighted by atomic mass is 35.7. The number of rotatable bonds is 20. The highest BCUT2D eigenvalue weighted by Gasteiger charge is 2.25. The van der Waals surface area contributed by atoms with Gasteiger partial charge in [-0.3, -0.25) is 4.79 Å². The van der Waals surface area contributed by atoms with E-state index in [-0.39, 0.29) is 6.42 Å². The van der Waals surface area contributed by atoms with Gasteiger partial charge in [-0.15, -0.1) is 0 Å². The molecule has 0 saturated carbocycles. The van der Waals surface area contributed by atoms with Crippen LogP contribution in [0.25, 0.3) is 0 Å². The van der Waals surface area contributed by atoms with Gasteiger partial charge in [0.1, 0.15) is 12.6 Å². The largest absolute Gasteiger partial charge is 0.673 e. The molecule has 0 radical (unpaired) electrons. The van der Waals surface area contributed by atoms with Gasteiger partial charge in [0.25, 0.3) is 7.73 Å². The number of unbranched alkanes of at least 4 members (excludes halogenated alkanes) is 11. The van der Waals surface area contributed by atoms with Crippen LogP contribution in [-0.4, -0.2) is 63.2 Å². The quantitative estimate of drug-likeness (QED) is 0.0572. The standard InChI is InChI=1S/C21H43ClNO4P.BF4/c1-5-6-7-8-9-10-11-12-13-14-15-16-17-26-28(22)27-20(18-21(24)25)19-23(2,3)4;2-1(3,4)5/h20H,5-19H2,1-4H3;/q;-1/p+1/t20-,28?;/m0./s1. The summed E-state index contributed by atoms with van der Waals surface area (Å²) in [5.74, 6) is -0.875. The summed E-state index contributed by atoms with van der Waals surface area (Å²) in [6.07, 6.45) is 15.2. The smallest absolute Gasteiger partial charge is 0.481 e. The number of halogens is 5. The van der Waals surface area contributed by atoms with Crippen LogP contribution in [0, 0.1) is 0 Å². The second kappa shape index (κ2) is 21.2. The molecule has 5 nitrogen and oxygen atoms in total. The van der Waals surface area contributed by atoms with E-state index in [2.05, 4.69) is 6.92 Å². The SMILES string of the molecule is CCCCCCCCCCCCCCOP(Cl)O[C@@H](CC(=O)O)C[N+](C)(C)C.F[B-](F)(F)F. The van der Waals surface area contributed by atoms with E-state index in [1.807, 2.05) is 21.1 Å². The molecule has 1 N–H and O–H groups in total. The molecule has 200 valence electrons. The van der Waals surface area contributed by atoms with Crippen molar-refractivity contribution in [2.24, 2.45) is 0 Å². The summed E-state index contributed by atoms with van der Waals surface area (Å²) in [5.41, 5.74) is 0. The first-order chi connectivity index (χ1) is 15.2. The molecule has 0 rings (SSSR count). The number of hydrogen-bond donors (Lipinski definition) is 1. The van der Waals surface area contributed by atoms with Crippen molar-refractivity contribution in [1.29, 1.82) is 0 Å². The molecular formula is C21H44BClF4NO4P. The first-order valence-corrected chi connectivity index (χ1v) is 14.0. The molecular weight excluding hydrogens is 483 g/mol. The molecule has 1 unspecified atom stereocenters. The number of carboxylic acid groups (broad SMARTS) is 1. The molecule has 33 heavy (non-hydrogen) atoms. The maximum atomic E-state index is 11.0. The van der Waals surface area contributed by atoms with E-state index in [9.17, 15) is 22.1 Å². The lowest BCUT2D eigenvalue weighted by molar-refractivity contribution is -0.873. The van der Waals surface area contributed by atoms with Crippen LogP contribution < -0.4 is 0 Å². The van der Waals surface area contributed by atoms with Crippen LogP contribution in [0.15, 0.2) is 0 Å². The molecule has 0 aliphatic carbocycles. The van der Waals surface area contributed by atoms with Gasteiger partial charge in [0, 0.05) is 0 Å². The molecule has 0 aliphatic rings. The summed E-state index contributed by atoms with van der Waals surface area (Å²) >= 11 is 6.15. The van der Waals surface area contributed by atoms with E-state index in [0.717, 1.165) is 12.8 Å². The van der Waals surface area contributed by atoms with Gasteiger partial charge in [0.2, 0.25) is 0 Å². The van der Waals surface area contributed by atoms with Crippen molar-refractivity contribution in [3.8, 4) is 0 Å². The van der Waals surface area contributed by atoms with Crippen molar-refractivity contribution in [2.75, 3.05) is 34.3 Å². The zero-order valence-electron chi connectivity index (χ0n) is 20.7. The molecule has 0 aromatic carbocycles. The lowest BCUT2D eigenvalue weighted by Gasteiger charge is -2.29. The Bertz CT molecular complexity index is 469. The summed E-state index contributed by atoms with van der Waals surface area (Å²) in [6, 6.07) is 0. The van der Waals surface area contributed by atoms with E-state index < -0.39 is 27.1 Å². The Balaban J connectivity index is 0. The van der Waals surface area contributed by atoms with Crippen molar-refractivity contribution in [3.63, 3.8) is 0 Å².